The van der Waals surface area contributed by atoms with E-state index in [0.717, 1.165) is 5.56 Å². The van der Waals surface area contributed by atoms with Crippen LogP contribution in [0.15, 0.2) is 29.2 Å². The van der Waals surface area contributed by atoms with Crippen LogP contribution in [0.1, 0.15) is 26.3 Å². The molecule has 0 saturated carbocycles. The summed E-state index contributed by atoms with van der Waals surface area (Å²) in [6.07, 6.45) is -1.24. The molecule has 5 heteroatoms. The Morgan fingerprint density at radius 2 is 1.67 bits per heavy atom. The summed E-state index contributed by atoms with van der Waals surface area (Å²) in [7, 11) is -3.54. The summed E-state index contributed by atoms with van der Waals surface area (Å²) in [4.78, 5) is 0.169. The highest BCUT2D eigenvalue weighted by Gasteiger charge is 2.20. The van der Waals surface area contributed by atoms with Crippen LogP contribution in [0.4, 0.5) is 0 Å². The van der Waals surface area contributed by atoms with Crippen LogP contribution in [0.3, 0.4) is 0 Å². The van der Waals surface area contributed by atoms with Gasteiger partial charge in [0.25, 0.3) is 0 Å². The third-order valence-corrected chi connectivity index (χ3v) is 4.52. The Kier molecular flexibility index (Phi) is 4.53. The van der Waals surface area contributed by atoms with E-state index < -0.39 is 28.3 Å². The van der Waals surface area contributed by atoms with Crippen LogP contribution in [0.5, 0.6) is 0 Å². The van der Waals surface area contributed by atoms with E-state index >= 15 is 0 Å². The predicted octanol–water partition coefficient (Wildman–Crippen LogP) is 1.11. The highest BCUT2D eigenvalue weighted by Crippen LogP contribution is 2.23. The molecular formula is C13H20O4S. The molecule has 0 aliphatic heterocycles. The monoisotopic (exact) mass is 272 g/mol. The summed E-state index contributed by atoms with van der Waals surface area (Å²) in [5.41, 5.74) is 1.01. The summed E-state index contributed by atoms with van der Waals surface area (Å²) in [6, 6.07) is 6.64. The molecule has 1 aromatic carbocycles. The van der Waals surface area contributed by atoms with Gasteiger partial charge in [0.1, 0.15) is 0 Å². The highest BCUT2D eigenvalue weighted by molar-refractivity contribution is 7.91. The van der Waals surface area contributed by atoms with Crippen molar-refractivity contribution in [2.24, 2.45) is 0 Å². The number of aliphatic hydroxyl groups is 2. The lowest BCUT2D eigenvalue weighted by atomic mass is 9.87. The van der Waals surface area contributed by atoms with E-state index in [4.69, 9.17) is 5.11 Å². The normalized spacial score (nSPS) is 14.5. The minimum Gasteiger partial charge on any atom is -0.394 e. The van der Waals surface area contributed by atoms with Crippen molar-refractivity contribution in [3.05, 3.63) is 29.8 Å². The number of benzene rings is 1. The molecule has 0 amide bonds. The van der Waals surface area contributed by atoms with Crippen LogP contribution in [-0.2, 0) is 15.3 Å². The van der Waals surface area contributed by atoms with Crippen LogP contribution in [-0.4, -0.2) is 37.1 Å². The largest absolute Gasteiger partial charge is 0.394 e. The Labute approximate surface area is 108 Å². The molecule has 1 unspecified atom stereocenters. The summed E-state index contributed by atoms with van der Waals surface area (Å²) < 4.78 is 23.8. The fourth-order valence-corrected chi connectivity index (χ4v) is 2.92. The molecule has 18 heavy (non-hydrogen) atoms. The Balaban J connectivity index is 2.98. The molecule has 4 nitrogen and oxygen atoms in total. The van der Waals surface area contributed by atoms with Crippen molar-refractivity contribution in [3.8, 4) is 0 Å². The molecule has 0 bridgehead atoms. The molecule has 0 aromatic heterocycles. The molecule has 0 spiro atoms. The first kappa shape index (κ1) is 15.1. The average molecular weight is 272 g/mol. The first-order valence-corrected chi connectivity index (χ1v) is 7.44. The molecule has 0 fully saturated rings. The molecule has 1 atom stereocenters. The molecule has 0 saturated heterocycles. The molecule has 1 aromatic rings. The van der Waals surface area contributed by atoms with Crippen LogP contribution in [0, 0.1) is 0 Å². The number of hydrogen-bond acceptors (Lipinski definition) is 4. The SMILES string of the molecule is CC(C)(C)c1ccc(S(=O)(=O)CC(O)CO)cc1. The van der Waals surface area contributed by atoms with Gasteiger partial charge in [0, 0.05) is 0 Å². The standard InChI is InChI=1S/C13H20O4S/c1-13(2,3)10-4-6-12(7-5-10)18(16,17)9-11(15)8-14/h4-7,11,14-15H,8-9H2,1-3H3. The van der Waals surface area contributed by atoms with Gasteiger partial charge in [0.2, 0.25) is 0 Å². The van der Waals surface area contributed by atoms with E-state index in [1.807, 2.05) is 20.8 Å². The first-order chi connectivity index (χ1) is 8.16. The van der Waals surface area contributed by atoms with E-state index in [0.29, 0.717) is 0 Å². The van der Waals surface area contributed by atoms with Crippen molar-refractivity contribution in [1.82, 2.24) is 0 Å². The van der Waals surface area contributed by atoms with E-state index in [-0.39, 0.29) is 10.3 Å². The highest BCUT2D eigenvalue weighted by atomic mass is 32.2. The summed E-state index contributed by atoms with van der Waals surface area (Å²) in [6.45, 7) is 5.59. The van der Waals surface area contributed by atoms with Crippen LogP contribution in [0.25, 0.3) is 0 Å². The van der Waals surface area contributed by atoms with Crippen molar-refractivity contribution >= 4 is 9.84 Å². The molecular weight excluding hydrogens is 252 g/mol. The van der Waals surface area contributed by atoms with Crippen molar-refractivity contribution in [1.29, 1.82) is 0 Å². The van der Waals surface area contributed by atoms with Crippen LogP contribution in [0.2, 0.25) is 0 Å². The number of aliphatic hydroxyl groups excluding tert-OH is 2. The van der Waals surface area contributed by atoms with Gasteiger partial charge >= 0.3 is 0 Å². The molecule has 2 N–H and O–H groups in total. The number of rotatable bonds is 4. The molecule has 0 aliphatic carbocycles. The van der Waals surface area contributed by atoms with E-state index in [9.17, 15) is 13.5 Å². The maximum Gasteiger partial charge on any atom is 0.180 e. The van der Waals surface area contributed by atoms with Gasteiger partial charge in [-0.1, -0.05) is 32.9 Å². The minimum atomic E-state index is -3.54. The van der Waals surface area contributed by atoms with Gasteiger partial charge in [-0.3, -0.25) is 0 Å². The van der Waals surface area contributed by atoms with Crippen LogP contribution >= 0.6 is 0 Å². The maximum atomic E-state index is 11.9. The second-order valence-corrected chi connectivity index (χ2v) is 7.43. The van der Waals surface area contributed by atoms with Gasteiger partial charge in [-0.05, 0) is 23.1 Å². The average Bonchev–Trinajstić information content (AvgIpc) is 2.27. The molecule has 102 valence electrons. The Bertz CT molecular complexity index is 483. The van der Waals surface area contributed by atoms with Gasteiger partial charge in [-0.15, -0.1) is 0 Å². The minimum absolute atomic E-state index is 0.0348. The first-order valence-electron chi connectivity index (χ1n) is 5.79. The Morgan fingerprint density at radius 1 is 1.17 bits per heavy atom. The molecule has 0 radical (unpaired) electrons. The van der Waals surface area contributed by atoms with E-state index in [2.05, 4.69) is 0 Å². The van der Waals surface area contributed by atoms with Gasteiger partial charge in [-0.2, -0.15) is 0 Å². The lowest BCUT2D eigenvalue weighted by Gasteiger charge is -2.19. The Hall–Kier alpha value is -0.910. The van der Waals surface area contributed by atoms with Gasteiger partial charge in [0.15, 0.2) is 9.84 Å². The van der Waals surface area contributed by atoms with Crippen molar-refractivity contribution in [3.63, 3.8) is 0 Å². The zero-order chi connectivity index (χ0) is 14.0. The van der Waals surface area contributed by atoms with Crippen molar-refractivity contribution in [2.75, 3.05) is 12.4 Å². The van der Waals surface area contributed by atoms with E-state index in [1.54, 1.807) is 24.3 Å². The molecule has 0 aliphatic rings. The second kappa shape index (κ2) is 5.38. The van der Waals surface area contributed by atoms with E-state index in [1.165, 1.54) is 0 Å². The zero-order valence-corrected chi connectivity index (χ0v) is 11.7. The molecule has 0 heterocycles. The summed E-state index contributed by atoms with van der Waals surface area (Å²) >= 11 is 0. The molecule has 1 rings (SSSR count). The lowest BCUT2D eigenvalue weighted by Crippen LogP contribution is -2.24. The lowest BCUT2D eigenvalue weighted by molar-refractivity contribution is 0.112. The third-order valence-electron chi connectivity index (χ3n) is 2.70. The van der Waals surface area contributed by atoms with Crippen molar-refractivity contribution < 1.29 is 18.6 Å². The van der Waals surface area contributed by atoms with Crippen LogP contribution < -0.4 is 0 Å². The fourth-order valence-electron chi connectivity index (χ4n) is 1.56. The smallest absolute Gasteiger partial charge is 0.180 e. The van der Waals surface area contributed by atoms with Gasteiger partial charge in [-0.25, -0.2) is 8.42 Å². The second-order valence-electron chi connectivity index (χ2n) is 5.39. The fraction of sp³-hybridized carbons (Fsp3) is 0.538. The van der Waals surface area contributed by atoms with Gasteiger partial charge < -0.3 is 10.2 Å². The topological polar surface area (TPSA) is 74.6 Å². The Morgan fingerprint density at radius 3 is 2.06 bits per heavy atom. The van der Waals surface area contributed by atoms with Gasteiger partial charge in [0.05, 0.1) is 23.4 Å². The summed E-state index contributed by atoms with van der Waals surface area (Å²) in [5, 5.41) is 17.9. The number of hydrogen-bond donors (Lipinski definition) is 2. The quantitative estimate of drug-likeness (QED) is 0.861. The maximum absolute atomic E-state index is 11.9. The predicted molar refractivity (Wildman–Crippen MR) is 70.3 cm³/mol. The van der Waals surface area contributed by atoms with Crippen molar-refractivity contribution in [2.45, 2.75) is 37.2 Å². The number of sulfone groups is 1. The third kappa shape index (κ3) is 3.80. The zero-order valence-electron chi connectivity index (χ0n) is 10.9. The summed E-state index contributed by atoms with van der Waals surface area (Å²) in [5.74, 6) is -0.460.